The Balaban J connectivity index is 2.55. The van der Waals surface area contributed by atoms with Crippen molar-refractivity contribution in [3.63, 3.8) is 0 Å². The molecule has 0 amide bonds. The number of ether oxygens (including phenoxy) is 1. The molecule has 0 atom stereocenters. The van der Waals surface area contributed by atoms with E-state index in [0.29, 0.717) is 12.4 Å². The molecular weight excluding hydrogens is 429 g/mol. The summed E-state index contributed by atoms with van der Waals surface area (Å²) >= 11 is 7.36. The lowest BCUT2D eigenvalue weighted by atomic mass is 10.3. The van der Waals surface area contributed by atoms with Crippen molar-refractivity contribution in [2.75, 3.05) is 19.5 Å². The molecule has 0 aliphatic carbocycles. The minimum absolute atomic E-state index is 0.476. The minimum atomic E-state index is 0.476. The number of aromatic nitrogens is 2. The normalized spacial score (nSPS) is 10.7. The van der Waals surface area contributed by atoms with E-state index in [4.69, 9.17) is 4.74 Å². The maximum absolute atomic E-state index is 5.18. The van der Waals surface area contributed by atoms with Crippen molar-refractivity contribution in [3.05, 3.63) is 24.5 Å². The average Bonchev–Trinajstić information content (AvgIpc) is 2.78. The number of nitrogens with zero attached hydrogens (tertiary/aromatic N) is 2. The Morgan fingerprint density at radius 2 is 2.22 bits per heavy atom. The standard InChI is InChI=1S/C11H11BrIN3OS/c1-14-11-9(13)8(3-17-2)15-10(16-11)6-4-18-5-7(6)12/h4-5H,3H2,1-2H3,(H,14,15,16). The molecule has 2 aromatic rings. The van der Waals surface area contributed by atoms with Crippen LogP contribution in [0.15, 0.2) is 15.2 Å². The van der Waals surface area contributed by atoms with Crippen LogP contribution in [0.1, 0.15) is 5.69 Å². The van der Waals surface area contributed by atoms with E-state index in [2.05, 4.69) is 53.8 Å². The Morgan fingerprint density at radius 1 is 1.44 bits per heavy atom. The molecule has 2 rings (SSSR count). The van der Waals surface area contributed by atoms with Crippen LogP contribution < -0.4 is 5.32 Å². The van der Waals surface area contributed by atoms with E-state index in [1.54, 1.807) is 18.4 Å². The Labute approximate surface area is 131 Å². The molecule has 0 aromatic carbocycles. The van der Waals surface area contributed by atoms with Crippen LogP contribution in [-0.4, -0.2) is 24.1 Å². The fourth-order valence-corrected chi connectivity index (χ4v) is 3.57. The number of halogens is 2. The second-order valence-electron chi connectivity index (χ2n) is 3.47. The molecule has 0 spiro atoms. The van der Waals surface area contributed by atoms with E-state index < -0.39 is 0 Å². The van der Waals surface area contributed by atoms with Gasteiger partial charge in [-0.3, -0.25) is 0 Å². The zero-order chi connectivity index (χ0) is 13.1. The van der Waals surface area contributed by atoms with Crippen molar-refractivity contribution in [2.45, 2.75) is 6.61 Å². The molecule has 0 bridgehead atoms. The van der Waals surface area contributed by atoms with E-state index >= 15 is 0 Å². The first-order chi connectivity index (χ1) is 8.67. The van der Waals surface area contributed by atoms with Crippen molar-refractivity contribution in [2.24, 2.45) is 0 Å². The van der Waals surface area contributed by atoms with E-state index in [-0.39, 0.29) is 0 Å². The molecule has 0 radical (unpaired) electrons. The first kappa shape index (κ1) is 14.2. The van der Waals surface area contributed by atoms with Crippen LogP contribution in [0.5, 0.6) is 0 Å². The Kier molecular flexibility index (Phi) is 4.93. The lowest BCUT2D eigenvalue weighted by Gasteiger charge is -2.10. The predicted octanol–water partition coefficient (Wildman–Crippen LogP) is 3.76. The van der Waals surface area contributed by atoms with Crippen LogP contribution >= 0.6 is 49.9 Å². The molecule has 96 valence electrons. The molecule has 18 heavy (non-hydrogen) atoms. The van der Waals surface area contributed by atoms with Crippen LogP contribution in [0.3, 0.4) is 0 Å². The number of rotatable bonds is 4. The largest absolute Gasteiger partial charge is 0.378 e. The van der Waals surface area contributed by atoms with Gasteiger partial charge in [-0.15, -0.1) is 0 Å². The molecule has 7 heteroatoms. The van der Waals surface area contributed by atoms with Gasteiger partial charge in [0, 0.05) is 35.0 Å². The van der Waals surface area contributed by atoms with Crippen molar-refractivity contribution in [1.82, 2.24) is 9.97 Å². The van der Waals surface area contributed by atoms with Gasteiger partial charge in [-0.25, -0.2) is 9.97 Å². The number of anilines is 1. The SMILES string of the molecule is CNc1nc(-c2cscc2Br)nc(COC)c1I. The summed E-state index contributed by atoms with van der Waals surface area (Å²) in [6, 6.07) is 0. The topological polar surface area (TPSA) is 47.0 Å². The highest BCUT2D eigenvalue weighted by Gasteiger charge is 2.14. The van der Waals surface area contributed by atoms with Gasteiger partial charge in [-0.2, -0.15) is 11.3 Å². The number of nitrogens with one attached hydrogen (secondary N) is 1. The molecule has 0 unspecified atom stereocenters. The first-order valence-electron chi connectivity index (χ1n) is 5.12. The molecule has 0 aliphatic heterocycles. The summed E-state index contributed by atoms with van der Waals surface area (Å²) in [4.78, 5) is 9.10. The Hall–Kier alpha value is -0.250. The quantitative estimate of drug-likeness (QED) is 0.736. The summed E-state index contributed by atoms with van der Waals surface area (Å²) < 4.78 is 7.18. The Morgan fingerprint density at radius 3 is 2.78 bits per heavy atom. The third-order valence-electron chi connectivity index (χ3n) is 2.29. The molecular formula is C11H11BrIN3OS. The third kappa shape index (κ3) is 2.84. The maximum Gasteiger partial charge on any atom is 0.163 e. The summed E-state index contributed by atoms with van der Waals surface area (Å²) in [5.74, 6) is 1.53. The summed E-state index contributed by atoms with van der Waals surface area (Å²) in [5, 5.41) is 7.14. The van der Waals surface area contributed by atoms with Gasteiger partial charge in [0.05, 0.1) is 15.9 Å². The number of hydrogen-bond acceptors (Lipinski definition) is 5. The lowest BCUT2D eigenvalue weighted by Crippen LogP contribution is -2.06. The van der Waals surface area contributed by atoms with Gasteiger partial charge in [0.25, 0.3) is 0 Å². The van der Waals surface area contributed by atoms with Crippen molar-refractivity contribution in [1.29, 1.82) is 0 Å². The van der Waals surface area contributed by atoms with E-state index in [0.717, 1.165) is 25.1 Å². The summed E-state index contributed by atoms with van der Waals surface area (Å²) in [6.07, 6.45) is 0. The van der Waals surface area contributed by atoms with Crippen LogP contribution in [0, 0.1) is 3.57 Å². The van der Waals surface area contributed by atoms with Crippen LogP contribution in [-0.2, 0) is 11.3 Å². The van der Waals surface area contributed by atoms with Gasteiger partial charge in [0.1, 0.15) is 5.82 Å². The number of hydrogen-bond donors (Lipinski definition) is 1. The van der Waals surface area contributed by atoms with Crippen molar-refractivity contribution >= 4 is 55.7 Å². The highest BCUT2D eigenvalue weighted by atomic mass is 127. The number of methoxy groups -OCH3 is 1. The predicted molar refractivity (Wildman–Crippen MR) is 86.0 cm³/mol. The Bertz CT molecular complexity index is 561. The van der Waals surface area contributed by atoms with Gasteiger partial charge in [0.2, 0.25) is 0 Å². The molecule has 0 saturated carbocycles. The lowest BCUT2D eigenvalue weighted by molar-refractivity contribution is 0.181. The molecule has 2 heterocycles. The average molecular weight is 440 g/mol. The van der Waals surface area contributed by atoms with E-state index in [1.165, 1.54) is 0 Å². The summed E-state index contributed by atoms with van der Waals surface area (Å²) in [6.45, 7) is 0.476. The second-order valence-corrected chi connectivity index (χ2v) is 6.15. The molecule has 0 fully saturated rings. The fraction of sp³-hybridized carbons (Fsp3) is 0.273. The van der Waals surface area contributed by atoms with Gasteiger partial charge >= 0.3 is 0 Å². The van der Waals surface area contributed by atoms with Gasteiger partial charge < -0.3 is 10.1 Å². The number of thiophene rings is 1. The monoisotopic (exact) mass is 439 g/mol. The van der Waals surface area contributed by atoms with Crippen molar-refractivity contribution in [3.8, 4) is 11.4 Å². The molecule has 4 nitrogen and oxygen atoms in total. The molecule has 0 saturated heterocycles. The molecule has 1 N–H and O–H groups in total. The van der Waals surface area contributed by atoms with Crippen LogP contribution in [0.4, 0.5) is 5.82 Å². The maximum atomic E-state index is 5.18. The van der Waals surface area contributed by atoms with Crippen LogP contribution in [0.25, 0.3) is 11.4 Å². The van der Waals surface area contributed by atoms with Gasteiger partial charge in [0.15, 0.2) is 5.82 Å². The van der Waals surface area contributed by atoms with Gasteiger partial charge in [-0.05, 0) is 38.5 Å². The zero-order valence-electron chi connectivity index (χ0n) is 9.83. The van der Waals surface area contributed by atoms with Crippen molar-refractivity contribution < 1.29 is 4.74 Å². The highest BCUT2D eigenvalue weighted by molar-refractivity contribution is 14.1. The third-order valence-corrected chi connectivity index (χ3v) is 5.13. The first-order valence-corrected chi connectivity index (χ1v) is 7.94. The van der Waals surface area contributed by atoms with E-state index in [1.807, 2.05) is 17.8 Å². The minimum Gasteiger partial charge on any atom is -0.378 e. The van der Waals surface area contributed by atoms with E-state index in [9.17, 15) is 0 Å². The summed E-state index contributed by atoms with van der Waals surface area (Å²) in [5.41, 5.74) is 1.90. The highest BCUT2D eigenvalue weighted by Crippen LogP contribution is 2.31. The molecule has 2 aromatic heterocycles. The zero-order valence-corrected chi connectivity index (χ0v) is 14.4. The second kappa shape index (κ2) is 6.27. The molecule has 0 aliphatic rings. The summed E-state index contributed by atoms with van der Waals surface area (Å²) in [7, 11) is 3.52. The van der Waals surface area contributed by atoms with Crippen LogP contribution in [0.2, 0.25) is 0 Å². The van der Waals surface area contributed by atoms with Gasteiger partial charge in [-0.1, -0.05) is 0 Å². The fourth-order valence-electron chi connectivity index (χ4n) is 1.45. The smallest absolute Gasteiger partial charge is 0.163 e.